The van der Waals surface area contributed by atoms with Crippen LogP contribution in [0.1, 0.15) is 22.9 Å². The number of benzene rings is 2. The molecule has 0 aliphatic carbocycles. The second-order valence-corrected chi connectivity index (χ2v) is 6.42. The van der Waals surface area contributed by atoms with E-state index in [2.05, 4.69) is 0 Å². The molecular formula is C18H22LiO4P. The van der Waals surface area contributed by atoms with Gasteiger partial charge in [0.15, 0.2) is 5.52 Å². The number of carbonyl (C=O) groups excluding carboxylic acids is 1. The van der Waals surface area contributed by atoms with Gasteiger partial charge in [-0.25, -0.2) is 0 Å². The van der Waals surface area contributed by atoms with Crippen molar-refractivity contribution in [1.82, 2.24) is 0 Å². The fraction of sp³-hybridized carbons (Fsp3) is 0.278. The monoisotopic (exact) mass is 340 g/mol. The average Bonchev–Trinajstić information content (AvgIpc) is 2.56. The first-order valence-corrected chi connectivity index (χ1v) is 8.18. The number of rotatable bonds is 6. The Morgan fingerprint density at radius 3 is 2.04 bits per heavy atom. The first-order valence-electron chi connectivity index (χ1n) is 7.18. The van der Waals surface area contributed by atoms with Crippen molar-refractivity contribution in [2.75, 3.05) is 21.3 Å². The molecule has 0 radical (unpaired) electrons. The maximum Gasteiger partial charge on any atom is 1.00 e. The van der Waals surface area contributed by atoms with Crippen LogP contribution in [0, 0.1) is 13.8 Å². The summed E-state index contributed by atoms with van der Waals surface area (Å²) in [6.45, 7) is 4.03. The summed E-state index contributed by atoms with van der Waals surface area (Å²) in [6, 6.07) is 9.52. The second kappa shape index (κ2) is 9.13. The molecule has 1 atom stereocenters. The van der Waals surface area contributed by atoms with Crippen LogP contribution in [0.15, 0.2) is 30.3 Å². The van der Waals surface area contributed by atoms with Crippen LogP contribution in [0.25, 0.3) is 0 Å². The third-order valence-corrected chi connectivity index (χ3v) is 4.87. The maximum atomic E-state index is 12.8. The van der Waals surface area contributed by atoms with Crippen molar-refractivity contribution in [3.8, 4) is 17.2 Å². The van der Waals surface area contributed by atoms with Gasteiger partial charge in [0.1, 0.15) is 22.8 Å². The van der Waals surface area contributed by atoms with Crippen molar-refractivity contribution in [1.29, 1.82) is 0 Å². The van der Waals surface area contributed by atoms with Crippen LogP contribution >= 0.6 is 8.58 Å². The van der Waals surface area contributed by atoms with Crippen molar-refractivity contribution in [3.63, 3.8) is 0 Å². The van der Waals surface area contributed by atoms with E-state index < -0.39 is 0 Å². The zero-order valence-electron chi connectivity index (χ0n) is 16.0. The van der Waals surface area contributed by atoms with Crippen LogP contribution in [-0.4, -0.2) is 26.9 Å². The summed E-state index contributed by atoms with van der Waals surface area (Å²) in [5.74, 6) is 1.51. The average molecular weight is 340 g/mol. The molecule has 0 heterocycles. The summed E-state index contributed by atoms with van der Waals surface area (Å²) in [4.78, 5) is 12.8. The van der Waals surface area contributed by atoms with Gasteiger partial charge in [0.25, 0.3) is 0 Å². The van der Waals surface area contributed by atoms with Crippen molar-refractivity contribution in [3.05, 3.63) is 47.0 Å². The minimum absolute atomic E-state index is 0. The molecule has 0 N–H and O–H groups in total. The Morgan fingerprint density at radius 1 is 0.958 bits per heavy atom. The van der Waals surface area contributed by atoms with Gasteiger partial charge in [0.05, 0.1) is 21.3 Å². The van der Waals surface area contributed by atoms with Gasteiger partial charge in [0.2, 0.25) is 0 Å². The smallest absolute Gasteiger partial charge is 1.00 e. The fourth-order valence-corrected chi connectivity index (χ4v) is 3.48. The third kappa shape index (κ3) is 4.54. The molecule has 0 amide bonds. The van der Waals surface area contributed by atoms with E-state index in [0.717, 1.165) is 16.4 Å². The Kier molecular flexibility index (Phi) is 7.83. The standard InChI is InChI=1S/C18H21O4P.Li.H/c1-11-6-7-12(2)16(8-11)23-18(19)17-14(21-4)9-13(20-3)10-15(17)22-5;;/h6-10,23H,1-5H3;;/q;+1;-1. The molecule has 6 heteroatoms. The Morgan fingerprint density at radius 2 is 1.54 bits per heavy atom. The Balaban J connectivity index is 0.00000288. The fourth-order valence-electron chi connectivity index (χ4n) is 2.28. The van der Waals surface area contributed by atoms with E-state index in [1.54, 1.807) is 19.2 Å². The summed E-state index contributed by atoms with van der Waals surface area (Å²) in [6.07, 6.45) is 0. The van der Waals surface area contributed by atoms with Crippen LogP contribution in [0.5, 0.6) is 17.2 Å². The Hall–Kier alpha value is -1.46. The van der Waals surface area contributed by atoms with Crippen LogP contribution < -0.4 is 38.4 Å². The van der Waals surface area contributed by atoms with Gasteiger partial charge in [-0.1, -0.05) is 23.8 Å². The van der Waals surface area contributed by atoms with E-state index in [1.807, 2.05) is 32.0 Å². The van der Waals surface area contributed by atoms with E-state index in [4.69, 9.17) is 14.2 Å². The molecule has 0 aromatic heterocycles. The number of aryl methyl sites for hydroxylation is 2. The number of hydrogen-bond acceptors (Lipinski definition) is 4. The molecule has 0 saturated carbocycles. The van der Waals surface area contributed by atoms with Crippen molar-refractivity contribution >= 4 is 19.4 Å². The molecule has 24 heavy (non-hydrogen) atoms. The molecule has 2 aromatic carbocycles. The van der Waals surface area contributed by atoms with E-state index in [0.29, 0.717) is 22.8 Å². The predicted molar refractivity (Wildman–Crippen MR) is 95.4 cm³/mol. The zero-order valence-corrected chi connectivity index (χ0v) is 16.0. The minimum atomic E-state index is -0.0185. The minimum Gasteiger partial charge on any atom is -1.00 e. The largest absolute Gasteiger partial charge is 1.00 e. The van der Waals surface area contributed by atoms with Crippen LogP contribution in [0.2, 0.25) is 0 Å². The van der Waals surface area contributed by atoms with Crippen LogP contribution in [0.4, 0.5) is 0 Å². The molecule has 4 nitrogen and oxygen atoms in total. The van der Waals surface area contributed by atoms with Gasteiger partial charge < -0.3 is 15.6 Å². The third-order valence-electron chi connectivity index (χ3n) is 3.58. The zero-order chi connectivity index (χ0) is 17.0. The predicted octanol–water partition coefficient (Wildman–Crippen LogP) is 0.590. The molecule has 0 aliphatic rings. The Bertz CT molecular complexity index is 712. The molecule has 2 rings (SSSR count). The van der Waals surface area contributed by atoms with Gasteiger partial charge in [-0.15, -0.1) is 0 Å². The summed E-state index contributed by atoms with van der Waals surface area (Å²) in [7, 11) is 4.64. The topological polar surface area (TPSA) is 44.8 Å². The number of carbonyl (C=O) groups is 1. The van der Waals surface area contributed by atoms with Gasteiger partial charge >= 0.3 is 18.9 Å². The molecule has 0 saturated heterocycles. The van der Waals surface area contributed by atoms with Crippen LogP contribution in [-0.2, 0) is 0 Å². The van der Waals surface area contributed by atoms with Crippen molar-refractivity contribution < 1.29 is 39.3 Å². The summed E-state index contributed by atoms with van der Waals surface area (Å²) < 4.78 is 16.0. The van der Waals surface area contributed by atoms with Gasteiger partial charge in [0, 0.05) is 12.1 Å². The van der Waals surface area contributed by atoms with E-state index in [-0.39, 0.29) is 34.4 Å². The molecule has 2 aromatic rings. The number of hydrogen-bond donors (Lipinski definition) is 0. The molecule has 0 bridgehead atoms. The first-order chi connectivity index (χ1) is 11.0. The maximum absolute atomic E-state index is 12.8. The Labute approximate surface area is 158 Å². The van der Waals surface area contributed by atoms with Gasteiger partial charge in [-0.05, 0) is 33.3 Å². The number of methoxy groups -OCH3 is 3. The normalized spacial score (nSPS) is 10.4. The van der Waals surface area contributed by atoms with Crippen molar-refractivity contribution in [2.45, 2.75) is 13.8 Å². The molecule has 1 unspecified atom stereocenters. The van der Waals surface area contributed by atoms with E-state index in [1.165, 1.54) is 14.2 Å². The van der Waals surface area contributed by atoms with Crippen molar-refractivity contribution in [2.24, 2.45) is 0 Å². The number of ether oxygens (including phenoxy) is 3. The van der Waals surface area contributed by atoms with Crippen LogP contribution in [0.3, 0.4) is 0 Å². The van der Waals surface area contributed by atoms with E-state index in [9.17, 15) is 4.79 Å². The van der Waals surface area contributed by atoms with Gasteiger partial charge in [-0.3, -0.25) is 4.79 Å². The summed E-state index contributed by atoms with van der Waals surface area (Å²) in [5.41, 5.74) is 2.68. The molecule has 124 valence electrons. The first kappa shape index (κ1) is 20.6. The molecule has 0 spiro atoms. The second-order valence-electron chi connectivity index (χ2n) is 5.18. The summed E-state index contributed by atoms with van der Waals surface area (Å²) in [5, 5.41) is 1.04. The quantitative estimate of drug-likeness (QED) is 0.570. The molecule has 0 aliphatic heterocycles. The van der Waals surface area contributed by atoms with Gasteiger partial charge in [-0.2, -0.15) is 0 Å². The summed E-state index contributed by atoms with van der Waals surface area (Å²) >= 11 is 0. The van der Waals surface area contributed by atoms with E-state index >= 15 is 0 Å². The molecule has 0 fully saturated rings. The SMILES string of the molecule is COc1cc(OC)c(C(=O)Pc2cc(C)ccc2C)c(OC)c1.[H-].[Li+]. The molecular weight excluding hydrogens is 318 g/mol.